The molecule has 0 heterocycles. The molecule has 5 heteroatoms. The van der Waals surface area contributed by atoms with Crippen LogP contribution >= 0.6 is 0 Å². The zero-order valence-electron chi connectivity index (χ0n) is 2.62. The summed E-state index contributed by atoms with van der Waals surface area (Å²) in [5.41, 5.74) is 0. The van der Waals surface area contributed by atoms with E-state index in [9.17, 15) is 13.2 Å². The normalized spacial score (nSPS) is 12.0. The second-order valence-electron chi connectivity index (χ2n) is 0.564. The van der Waals surface area contributed by atoms with Crippen molar-refractivity contribution in [3.63, 3.8) is 0 Å². The molecule has 0 saturated heterocycles. The first kappa shape index (κ1) is 6.27. The Hall–Kier alpha value is 0.269. The van der Waals surface area contributed by atoms with Gasteiger partial charge in [0, 0.05) is 0 Å². The fourth-order valence-corrected chi connectivity index (χ4v) is 0. The van der Waals surface area contributed by atoms with Crippen LogP contribution in [0, 0.1) is 0 Å². The molecule has 0 aromatic carbocycles. The van der Waals surface area contributed by atoms with E-state index in [2.05, 4.69) is 4.75 Å². The van der Waals surface area contributed by atoms with Crippen molar-refractivity contribution >= 4 is 15.2 Å². The number of nitrogens with two attached hydrogens (primary N) is 1. The van der Waals surface area contributed by atoms with Crippen molar-refractivity contribution in [3.05, 3.63) is 0 Å². The molecule has 0 bridgehead atoms. The van der Waals surface area contributed by atoms with Gasteiger partial charge < -0.3 is 0 Å². The molecule has 0 saturated carbocycles. The summed E-state index contributed by atoms with van der Waals surface area (Å²) in [6, 6.07) is 0. The Bertz CT molecular complexity index is 40.5. The Morgan fingerprint density at radius 3 is 1.50 bits per heavy atom. The van der Waals surface area contributed by atoms with Gasteiger partial charge in [0.1, 0.15) is 0 Å². The third kappa shape index (κ3) is 4.27. The van der Waals surface area contributed by atoms with E-state index in [0.717, 1.165) is 0 Å². The fraction of sp³-hybridized carbons (Fsp3) is 1.00. The van der Waals surface area contributed by atoms with Crippen molar-refractivity contribution < 1.29 is 13.2 Å². The molecule has 0 aromatic rings. The third-order valence-electron chi connectivity index (χ3n) is 0.134. The molecule has 0 rings (SSSR count). The first-order valence-corrected chi connectivity index (χ1v) is 2.85. The predicted octanol–water partition coefficient (Wildman–Crippen LogP) is 0.0841. The maximum absolute atomic E-state index is 10.7. The van der Waals surface area contributed by atoms with E-state index in [1.165, 1.54) is 0 Å². The summed E-state index contributed by atoms with van der Waals surface area (Å²) in [5.74, 6) is 0. The van der Waals surface area contributed by atoms with Crippen LogP contribution < -0.4 is 4.75 Å². The molecule has 0 fully saturated rings. The zero-order valence-corrected chi connectivity index (χ0v) is 4.33. The van der Waals surface area contributed by atoms with Gasteiger partial charge in [-0.3, -0.25) is 0 Å². The van der Waals surface area contributed by atoms with Gasteiger partial charge in [-0.15, -0.1) is 0 Å². The molecule has 0 amide bonds. The maximum atomic E-state index is 10.7. The summed E-state index contributed by atoms with van der Waals surface area (Å²) in [5, 5.41) is -4.12. The monoisotopic (exact) mass is 165 g/mol. The molecule has 38 valence electrons. The number of rotatable bonds is 0. The van der Waals surface area contributed by atoms with Gasteiger partial charge in [0.2, 0.25) is 0 Å². The van der Waals surface area contributed by atoms with Crippen LogP contribution in [-0.2, 0) is 0 Å². The van der Waals surface area contributed by atoms with Crippen molar-refractivity contribution in [2.24, 2.45) is 4.75 Å². The summed E-state index contributed by atoms with van der Waals surface area (Å²) < 4.78 is 36.3. The van der Waals surface area contributed by atoms with Crippen LogP contribution in [0.2, 0.25) is 0 Å². The molecule has 0 atom stereocenters. The molecule has 0 radical (unpaired) electrons. The third-order valence-corrected chi connectivity index (χ3v) is 0.694. The Morgan fingerprint density at radius 2 is 1.50 bits per heavy atom. The summed E-state index contributed by atoms with van der Waals surface area (Å²) in [4.78, 5) is 0. The van der Waals surface area contributed by atoms with Crippen molar-refractivity contribution in [1.82, 2.24) is 0 Å². The van der Waals surface area contributed by atoms with Crippen molar-refractivity contribution in [1.29, 1.82) is 0 Å². The van der Waals surface area contributed by atoms with Crippen LogP contribution in [0.1, 0.15) is 0 Å². The Labute approximate surface area is 39.1 Å². The van der Waals surface area contributed by atoms with E-state index in [1.54, 1.807) is 0 Å². The van der Waals surface area contributed by atoms with Gasteiger partial charge >= 0.3 is 38.2 Å². The van der Waals surface area contributed by atoms with Crippen molar-refractivity contribution in [3.8, 4) is 0 Å². The van der Waals surface area contributed by atoms with Crippen LogP contribution in [0.5, 0.6) is 0 Å². The summed E-state index contributed by atoms with van der Waals surface area (Å²) in [6.07, 6.45) is 0. The molecular formula is CH2F3NSe. The fourth-order valence-electron chi connectivity index (χ4n) is 0. The number of hydrogen-bond acceptors (Lipinski definition) is 1. The van der Waals surface area contributed by atoms with Gasteiger partial charge in [-0.1, -0.05) is 0 Å². The molecule has 0 aromatic heterocycles. The molecule has 6 heavy (non-hydrogen) atoms. The van der Waals surface area contributed by atoms with Gasteiger partial charge in [-0.2, -0.15) is 0 Å². The van der Waals surface area contributed by atoms with Crippen LogP contribution in [0.4, 0.5) is 13.2 Å². The first-order chi connectivity index (χ1) is 2.56. The van der Waals surface area contributed by atoms with Gasteiger partial charge in [-0.25, -0.2) is 0 Å². The van der Waals surface area contributed by atoms with Gasteiger partial charge in [-0.05, 0) is 0 Å². The quantitative estimate of drug-likeness (QED) is 0.504. The Kier molecular flexibility index (Phi) is 1.90. The average molecular weight is 164 g/mol. The standard InChI is InChI=1S/CH2F3NSe/c2-1(3,4)6-5/h5H2. The van der Waals surface area contributed by atoms with Gasteiger partial charge in [0.15, 0.2) is 0 Å². The summed E-state index contributed by atoms with van der Waals surface area (Å²) in [6.45, 7) is 0. The molecule has 0 unspecified atom stereocenters. The molecule has 1 nitrogen and oxygen atoms in total. The molecular weight excluding hydrogens is 162 g/mol. The number of alkyl halides is 3. The van der Waals surface area contributed by atoms with E-state index in [0.29, 0.717) is 0 Å². The summed E-state index contributed by atoms with van der Waals surface area (Å²) in [7, 11) is 0. The van der Waals surface area contributed by atoms with Gasteiger partial charge in [0.05, 0.1) is 0 Å². The van der Waals surface area contributed by atoms with Crippen LogP contribution in [0.15, 0.2) is 0 Å². The van der Waals surface area contributed by atoms with Crippen molar-refractivity contribution in [2.75, 3.05) is 0 Å². The molecule has 0 aliphatic rings. The minimum absolute atomic E-state index is 1.69. The van der Waals surface area contributed by atoms with E-state index >= 15 is 0 Å². The predicted molar refractivity (Wildman–Crippen MR) is 16.0 cm³/mol. The van der Waals surface area contributed by atoms with E-state index in [-0.39, 0.29) is 0 Å². The second kappa shape index (κ2) is 1.82. The van der Waals surface area contributed by atoms with Crippen LogP contribution in [-0.4, -0.2) is 20.2 Å². The Balaban J connectivity index is 3.17. The average Bonchev–Trinajstić information content (AvgIpc) is 1.35. The minimum atomic E-state index is -4.12. The second-order valence-corrected chi connectivity index (χ2v) is 2.03. The van der Waals surface area contributed by atoms with E-state index < -0.39 is 20.2 Å². The first-order valence-electron chi connectivity index (χ1n) is 1.01. The van der Waals surface area contributed by atoms with Crippen LogP contribution in [0.25, 0.3) is 0 Å². The molecule has 0 aliphatic heterocycles. The van der Waals surface area contributed by atoms with Crippen molar-refractivity contribution in [2.45, 2.75) is 5.07 Å². The zero-order chi connectivity index (χ0) is 5.21. The topological polar surface area (TPSA) is 26.0 Å². The SMILES string of the molecule is N[Se]C(F)(F)F. The number of halogens is 3. The Morgan fingerprint density at radius 1 is 1.33 bits per heavy atom. The van der Waals surface area contributed by atoms with Gasteiger partial charge in [0.25, 0.3) is 0 Å². The van der Waals surface area contributed by atoms with E-state index in [1.807, 2.05) is 0 Å². The molecule has 2 N–H and O–H groups in total. The molecule has 0 spiro atoms. The number of hydrogen-bond donors (Lipinski definition) is 1. The molecule has 0 aliphatic carbocycles. The van der Waals surface area contributed by atoms with E-state index in [4.69, 9.17) is 0 Å². The van der Waals surface area contributed by atoms with Crippen LogP contribution in [0.3, 0.4) is 0 Å². The summed E-state index contributed by atoms with van der Waals surface area (Å²) >= 11 is -1.69.